The van der Waals surface area contributed by atoms with Gasteiger partial charge in [0.25, 0.3) is 0 Å². The number of nitrogens with one attached hydrogen (secondary N) is 2. The van der Waals surface area contributed by atoms with Crippen molar-refractivity contribution in [2.24, 2.45) is 0 Å². The molecule has 0 spiro atoms. The van der Waals surface area contributed by atoms with E-state index in [1.165, 1.54) is 6.92 Å². The molecular formula is C27H29N3O5. The smallest absolute Gasteiger partial charge is 0.217 e. The monoisotopic (exact) mass is 475 g/mol. The van der Waals surface area contributed by atoms with E-state index < -0.39 is 0 Å². The van der Waals surface area contributed by atoms with Gasteiger partial charge in [0.1, 0.15) is 0 Å². The van der Waals surface area contributed by atoms with Crippen LogP contribution in [0.15, 0.2) is 53.5 Å². The molecule has 2 N–H and O–H groups in total. The summed E-state index contributed by atoms with van der Waals surface area (Å²) < 4.78 is 17.0. The fraction of sp³-hybridized carbons (Fsp3) is 0.296. The number of hydrogen-bond acceptors (Lipinski definition) is 7. The van der Waals surface area contributed by atoms with Crippen LogP contribution in [-0.2, 0) is 17.8 Å². The average molecular weight is 476 g/mol. The third-order valence-electron chi connectivity index (χ3n) is 6.10. The lowest BCUT2D eigenvalue weighted by molar-refractivity contribution is -0.119. The largest absolute Gasteiger partial charge is 0.493 e. The first kappa shape index (κ1) is 24.1. The molecule has 8 nitrogen and oxygen atoms in total. The van der Waals surface area contributed by atoms with Gasteiger partial charge >= 0.3 is 0 Å². The minimum Gasteiger partial charge on any atom is -0.493 e. The van der Waals surface area contributed by atoms with Gasteiger partial charge in [0.2, 0.25) is 17.1 Å². The van der Waals surface area contributed by atoms with Gasteiger partial charge in [-0.2, -0.15) is 0 Å². The highest BCUT2D eigenvalue weighted by atomic mass is 16.5. The number of aryl methyl sites for hydroxylation is 1. The van der Waals surface area contributed by atoms with Crippen molar-refractivity contribution in [1.82, 2.24) is 10.3 Å². The first-order chi connectivity index (χ1) is 17.0. The summed E-state index contributed by atoms with van der Waals surface area (Å²) in [6.45, 7) is 1.88. The standard InChI is InChI=1S/C27H29N3O5/c1-16(31)30-21-10-8-17-13-24(33-2)26(34-3)27(35-4)25(17)19-9-11-22(23(32)14-20(19)21)29-15-18-7-5-6-12-28-18/h5-7,9,11-14,21H,8,10,15H2,1-4H3,(H,29,32)(H,30,31)/t21-/m0/s1. The summed E-state index contributed by atoms with van der Waals surface area (Å²) in [5.74, 6) is 1.39. The molecule has 0 radical (unpaired) electrons. The Kier molecular flexibility index (Phi) is 7.19. The van der Waals surface area contributed by atoms with Crippen LogP contribution < -0.4 is 30.3 Å². The van der Waals surface area contributed by atoms with E-state index in [0.717, 1.165) is 27.9 Å². The molecule has 1 aliphatic carbocycles. The Morgan fingerprint density at radius 3 is 2.51 bits per heavy atom. The molecule has 1 atom stereocenters. The van der Waals surface area contributed by atoms with Gasteiger partial charge < -0.3 is 24.8 Å². The number of nitrogens with zero attached hydrogens (tertiary/aromatic N) is 1. The number of methoxy groups -OCH3 is 3. The number of pyridine rings is 1. The lowest BCUT2D eigenvalue weighted by atomic mass is 9.95. The zero-order valence-electron chi connectivity index (χ0n) is 20.3. The van der Waals surface area contributed by atoms with Crippen LogP contribution >= 0.6 is 0 Å². The summed E-state index contributed by atoms with van der Waals surface area (Å²) in [4.78, 5) is 29.6. The summed E-state index contributed by atoms with van der Waals surface area (Å²) >= 11 is 0. The third kappa shape index (κ3) is 4.91. The second-order valence-corrected chi connectivity index (χ2v) is 8.27. The Bertz CT molecular complexity index is 1290. The molecular weight excluding hydrogens is 446 g/mol. The molecule has 182 valence electrons. The molecule has 35 heavy (non-hydrogen) atoms. The maximum Gasteiger partial charge on any atom is 0.217 e. The summed E-state index contributed by atoms with van der Waals surface area (Å²) in [5, 5.41) is 6.21. The second kappa shape index (κ2) is 10.5. The number of rotatable bonds is 7. The lowest BCUT2D eigenvalue weighted by Crippen LogP contribution is -2.26. The minimum absolute atomic E-state index is 0.165. The highest BCUT2D eigenvalue weighted by molar-refractivity contribution is 5.83. The third-order valence-corrected chi connectivity index (χ3v) is 6.10. The molecule has 0 bridgehead atoms. The van der Waals surface area contributed by atoms with Crippen LogP contribution in [0.4, 0.5) is 5.69 Å². The Hall–Kier alpha value is -4.07. The van der Waals surface area contributed by atoms with Crippen molar-refractivity contribution in [2.45, 2.75) is 32.4 Å². The van der Waals surface area contributed by atoms with Crippen molar-refractivity contribution < 1.29 is 19.0 Å². The number of anilines is 1. The molecule has 3 aromatic rings. The quantitative estimate of drug-likeness (QED) is 0.535. The highest BCUT2D eigenvalue weighted by Gasteiger charge is 2.29. The van der Waals surface area contributed by atoms with E-state index in [-0.39, 0.29) is 17.4 Å². The van der Waals surface area contributed by atoms with Crippen LogP contribution in [-0.4, -0.2) is 32.2 Å². The van der Waals surface area contributed by atoms with Crippen molar-refractivity contribution in [3.8, 4) is 28.4 Å². The second-order valence-electron chi connectivity index (χ2n) is 8.27. The summed E-state index contributed by atoms with van der Waals surface area (Å²) in [6, 6.07) is 12.5. The molecule has 1 heterocycles. The van der Waals surface area contributed by atoms with E-state index >= 15 is 0 Å². The molecule has 0 unspecified atom stereocenters. The zero-order valence-corrected chi connectivity index (χ0v) is 20.3. The van der Waals surface area contributed by atoms with Crippen LogP contribution in [0.5, 0.6) is 17.2 Å². The van der Waals surface area contributed by atoms with Crippen LogP contribution in [0, 0.1) is 0 Å². The Balaban J connectivity index is 1.91. The lowest BCUT2D eigenvalue weighted by Gasteiger charge is -2.19. The normalized spacial score (nSPS) is 14.1. The van der Waals surface area contributed by atoms with Crippen LogP contribution in [0.2, 0.25) is 0 Å². The Morgan fingerprint density at radius 2 is 1.86 bits per heavy atom. The predicted molar refractivity (Wildman–Crippen MR) is 134 cm³/mol. The first-order valence-corrected chi connectivity index (χ1v) is 11.4. The van der Waals surface area contributed by atoms with Crippen molar-refractivity contribution in [3.05, 3.63) is 75.7 Å². The van der Waals surface area contributed by atoms with E-state index in [1.807, 2.05) is 30.3 Å². The molecule has 1 aromatic heterocycles. The minimum atomic E-state index is -0.347. The van der Waals surface area contributed by atoms with Gasteiger partial charge in [0.15, 0.2) is 11.5 Å². The van der Waals surface area contributed by atoms with Crippen LogP contribution in [0.1, 0.15) is 36.2 Å². The molecule has 1 amide bonds. The van der Waals surface area contributed by atoms with E-state index in [4.69, 9.17) is 14.2 Å². The maximum atomic E-state index is 13.3. The maximum absolute atomic E-state index is 13.3. The van der Waals surface area contributed by atoms with E-state index in [2.05, 4.69) is 15.6 Å². The van der Waals surface area contributed by atoms with Gasteiger partial charge in [0.05, 0.1) is 45.3 Å². The molecule has 4 rings (SSSR count). The molecule has 0 aliphatic heterocycles. The number of hydrogen-bond donors (Lipinski definition) is 2. The number of aromatic nitrogens is 1. The summed E-state index contributed by atoms with van der Waals surface area (Å²) in [5.41, 5.74) is 4.39. The van der Waals surface area contributed by atoms with Gasteiger partial charge in [-0.3, -0.25) is 14.6 Å². The summed E-state index contributed by atoms with van der Waals surface area (Å²) in [6.07, 6.45) is 2.97. The van der Waals surface area contributed by atoms with Crippen molar-refractivity contribution in [2.75, 3.05) is 26.6 Å². The fourth-order valence-corrected chi connectivity index (χ4v) is 4.54. The number of amides is 1. The van der Waals surface area contributed by atoms with E-state index in [1.54, 1.807) is 39.7 Å². The van der Waals surface area contributed by atoms with Crippen molar-refractivity contribution in [1.29, 1.82) is 0 Å². The number of carbonyl (C=O) groups excluding carboxylic acids is 1. The molecule has 2 aromatic carbocycles. The Labute approximate surface area is 204 Å². The van der Waals surface area contributed by atoms with Gasteiger partial charge in [0, 0.05) is 18.7 Å². The zero-order chi connectivity index (χ0) is 24.9. The van der Waals surface area contributed by atoms with E-state index in [9.17, 15) is 9.59 Å². The number of carbonyl (C=O) groups is 1. The molecule has 0 saturated carbocycles. The van der Waals surface area contributed by atoms with Crippen molar-refractivity contribution >= 4 is 11.6 Å². The predicted octanol–water partition coefficient (Wildman–Crippen LogP) is 3.87. The number of fused-ring (bicyclic) bond motifs is 3. The van der Waals surface area contributed by atoms with Gasteiger partial charge in [-0.1, -0.05) is 12.1 Å². The molecule has 0 fully saturated rings. The van der Waals surface area contributed by atoms with Crippen molar-refractivity contribution in [3.63, 3.8) is 0 Å². The fourth-order valence-electron chi connectivity index (χ4n) is 4.54. The average Bonchev–Trinajstić information content (AvgIpc) is 3.10. The Morgan fingerprint density at radius 1 is 1.06 bits per heavy atom. The molecule has 1 aliphatic rings. The first-order valence-electron chi connectivity index (χ1n) is 11.4. The van der Waals surface area contributed by atoms with Crippen LogP contribution in [0.25, 0.3) is 11.1 Å². The van der Waals surface area contributed by atoms with E-state index in [0.29, 0.717) is 42.3 Å². The summed E-state index contributed by atoms with van der Waals surface area (Å²) in [7, 11) is 4.72. The molecule has 8 heteroatoms. The topological polar surface area (TPSA) is 98.8 Å². The molecule has 0 saturated heterocycles. The van der Waals surface area contributed by atoms with Crippen LogP contribution in [0.3, 0.4) is 0 Å². The number of ether oxygens (including phenoxy) is 3. The SMILES string of the molecule is COc1cc2c(c(OC)c1OC)-c1ccc(NCc3ccccn3)c(=O)cc1[C@@H](NC(C)=O)CC2. The van der Waals surface area contributed by atoms with Gasteiger partial charge in [-0.05, 0) is 59.9 Å². The van der Waals surface area contributed by atoms with Gasteiger partial charge in [-0.15, -0.1) is 0 Å². The highest BCUT2D eigenvalue weighted by Crippen LogP contribution is 2.50. The van der Waals surface area contributed by atoms with Gasteiger partial charge in [-0.25, -0.2) is 0 Å². The number of benzene rings is 1.